The van der Waals surface area contributed by atoms with E-state index in [1.165, 1.54) is 0 Å². The molecule has 1 unspecified atom stereocenters. The standard InChI is InChI=1S/C53H90O22/c1-22(2)24(57)10-13-50(5,45-41(66)38(63)37(62)29(70-45)21-69-46-42(67)36(61)28(20-56)71-46)23-9-15-53(8)33(23)25(58)17-31-51(6)14-12-32(49(3,4)30(51)11-16-52(31,53)7)74-48-44(40(65)35(60)27(19-55)73-48)75-47-43(68)39(64)34(59)26(18-54)72-47/h23-48,54-68H,1,9-21H2,2-8H3/t23-,24?,25+,26+,27+,28-,29+,30-,31+,32-,33-,34+,35+,36-,37+,38-,39-,40-,41+,42+,43+,44+,45+,46+,47-,48-,50-,51-,52+,53+/m0/s1. The van der Waals surface area contributed by atoms with E-state index in [1.54, 1.807) is 6.92 Å². The monoisotopic (exact) mass is 1080 g/mol. The van der Waals surface area contributed by atoms with Crippen LogP contribution in [0.1, 0.15) is 106 Å². The molecule has 8 rings (SSSR count). The van der Waals surface area contributed by atoms with Crippen LogP contribution in [-0.2, 0) is 33.2 Å². The van der Waals surface area contributed by atoms with Gasteiger partial charge in [0.2, 0.25) is 0 Å². The van der Waals surface area contributed by atoms with Crippen LogP contribution in [0.3, 0.4) is 0 Å². The van der Waals surface area contributed by atoms with E-state index in [0.717, 1.165) is 12.8 Å². The Labute approximate surface area is 439 Å². The number of aliphatic hydroxyl groups excluding tert-OH is 15. The lowest BCUT2D eigenvalue weighted by Crippen LogP contribution is -2.68. The number of ether oxygens (including phenoxy) is 7. The topological polar surface area (TPSA) is 368 Å². The van der Waals surface area contributed by atoms with Crippen molar-refractivity contribution < 1.29 is 110 Å². The van der Waals surface area contributed by atoms with Crippen molar-refractivity contribution >= 4 is 0 Å². The summed E-state index contributed by atoms with van der Waals surface area (Å²) in [6.07, 6.45) is -26.0. The second-order valence-corrected chi connectivity index (χ2v) is 25.5. The maximum Gasteiger partial charge on any atom is 0.187 e. The minimum absolute atomic E-state index is 0.00605. The first kappa shape index (κ1) is 60.0. The second-order valence-electron chi connectivity index (χ2n) is 25.5. The fourth-order valence-corrected chi connectivity index (χ4v) is 16.6. The predicted molar refractivity (Wildman–Crippen MR) is 260 cm³/mol. The molecule has 0 aromatic carbocycles. The smallest absolute Gasteiger partial charge is 0.187 e. The SMILES string of the molecule is C=C(C)C(O)CC[C@](C)([C@@H]1O[C@H](CO[C@@H]2O[C@@H](CO)[C@H](O)[C@H]2O)[C@@H](O)[C@H](O)[C@H]1O)[C@H]1CC[C@]2(C)[C@@H]1[C@H](O)C[C@@H]1[C@@]3(C)CC[C@H](O[C@@H]4O[C@H](CO)[C@@H](O)[C@H](O)[C@H]4O[C@@H]4O[C@H](CO)[C@@H](O)[C@H](O)[C@H]4O)C(C)(C)[C@@H]3CC[C@]12C. The minimum Gasteiger partial charge on any atom is -0.394 e. The zero-order valence-corrected chi connectivity index (χ0v) is 44.5. The minimum atomic E-state index is -1.82. The fourth-order valence-electron chi connectivity index (χ4n) is 16.6. The molecule has 8 fully saturated rings. The molecule has 0 aromatic heterocycles. The lowest BCUT2D eigenvalue weighted by molar-refractivity contribution is -0.378. The molecule has 0 radical (unpaired) electrons. The van der Waals surface area contributed by atoms with E-state index in [-0.39, 0.29) is 47.3 Å². The van der Waals surface area contributed by atoms with Gasteiger partial charge >= 0.3 is 0 Å². The van der Waals surface area contributed by atoms with E-state index in [0.29, 0.717) is 37.7 Å². The number of rotatable bonds is 16. The number of aliphatic hydroxyl groups is 15. The average Bonchev–Trinajstić information content (AvgIpc) is 3.89. The van der Waals surface area contributed by atoms with E-state index in [2.05, 4.69) is 41.2 Å². The first-order valence-electron chi connectivity index (χ1n) is 27.3. The Morgan fingerprint density at radius 1 is 0.600 bits per heavy atom. The highest BCUT2D eigenvalue weighted by atomic mass is 16.8. The summed E-state index contributed by atoms with van der Waals surface area (Å²) in [5, 5.41) is 164. The van der Waals surface area contributed by atoms with Crippen LogP contribution in [-0.4, -0.2) is 238 Å². The van der Waals surface area contributed by atoms with Crippen molar-refractivity contribution in [2.24, 2.45) is 50.7 Å². The van der Waals surface area contributed by atoms with Gasteiger partial charge in [0.25, 0.3) is 0 Å². The summed E-state index contributed by atoms with van der Waals surface area (Å²) in [6, 6.07) is 0. The molecule has 434 valence electrons. The maximum atomic E-state index is 12.9. The van der Waals surface area contributed by atoms with E-state index >= 15 is 0 Å². The van der Waals surface area contributed by atoms with Gasteiger partial charge in [0.05, 0.1) is 50.8 Å². The first-order chi connectivity index (χ1) is 35.1. The van der Waals surface area contributed by atoms with Crippen molar-refractivity contribution in [3.63, 3.8) is 0 Å². The number of fused-ring (bicyclic) bond motifs is 5. The molecule has 30 atom stereocenters. The number of hydrogen-bond donors (Lipinski definition) is 15. The van der Waals surface area contributed by atoms with Gasteiger partial charge in [-0.2, -0.15) is 0 Å². The maximum absolute atomic E-state index is 12.9. The summed E-state index contributed by atoms with van der Waals surface area (Å²) < 4.78 is 42.4. The molecular formula is C53H90O22. The van der Waals surface area contributed by atoms with Gasteiger partial charge in [0, 0.05) is 0 Å². The summed E-state index contributed by atoms with van der Waals surface area (Å²) in [7, 11) is 0. The van der Waals surface area contributed by atoms with Gasteiger partial charge in [0.1, 0.15) is 91.6 Å². The van der Waals surface area contributed by atoms with Gasteiger partial charge in [-0.05, 0) is 115 Å². The molecule has 4 saturated carbocycles. The Balaban J connectivity index is 1.04. The van der Waals surface area contributed by atoms with Crippen molar-refractivity contribution in [2.75, 3.05) is 26.4 Å². The van der Waals surface area contributed by atoms with Crippen LogP contribution < -0.4 is 0 Å². The highest BCUT2D eigenvalue weighted by Crippen LogP contribution is 2.77. The summed E-state index contributed by atoms with van der Waals surface area (Å²) in [6.45, 7) is 16.4. The van der Waals surface area contributed by atoms with Gasteiger partial charge in [0.15, 0.2) is 18.9 Å². The van der Waals surface area contributed by atoms with E-state index in [9.17, 15) is 76.6 Å². The molecule has 4 aliphatic carbocycles. The first-order valence-corrected chi connectivity index (χ1v) is 27.3. The van der Waals surface area contributed by atoms with Crippen LogP contribution in [0, 0.1) is 50.7 Å². The van der Waals surface area contributed by atoms with Crippen molar-refractivity contribution in [2.45, 2.75) is 241 Å². The van der Waals surface area contributed by atoms with Gasteiger partial charge in [-0.3, -0.25) is 0 Å². The third-order valence-corrected chi connectivity index (χ3v) is 21.2. The van der Waals surface area contributed by atoms with Gasteiger partial charge in [-0.1, -0.05) is 53.7 Å². The molecule has 0 bridgehead atoms. The largest absolute Gasteiger partial charge is 0.394 e. The second kappa shape index (κ2) is 22.3. The van der Waals surface area contributed by atoms with E-state index < -0.39 is 178 Å². The Morgan fingerprint density at radius 2 is 1.13 bits per heavy atom. The molecular weight excluding hydrogens is 989 g/mol. The molecule has 22 heteroatoms. The third-order valence-electron chi connectivity index (χ3n) is 21.2. The molecule has 15 N–H and O–H groups in total. The van der Waals surface area contributed by atoms with E-state index in [1.807, 2.05) is 6.92 Å². The molecule has 4 heterocycles. The highest BCUT2D eigenvalue weighted by molar-refractivity contribution is 5.21. The Bertz CT molecular complexity index is 1950. The molecule has 0 spiro atoms. The third kappa shape index (κ3) is 10.0. The molecule has 4 aliphatic heterocycles. The molecule has 0 amide bonds. The zero-order chi connectivity index (χ0) is 55.2. The quantitative estimate of drug-likeness (QED) is 0.0570. The summed E-state index contributed by atoms with van der Waals surface area (Å²) in [5.74, 6) is -0.638. The van der Waals surface area contributed by atoms with Crippen molar-refractivity contribution in [1.82, 2.24) is 0 Å². The van der Waals surface area contributed by atoms with Gasteiger partial charge in [-0.15, -0.1) is 0 Å². The van der Waals surface area contributed by atoms with Crippen molar-refractivity contribution in [3.05, 3.63) is 12.2 Å². The molecule has 0 aromatic rings. The molecule has 4 saturated heterocycles. The lowest BCUT2D eigenvalue weighted by atomic mass is 9.35. The fraction of sp³-hybridized carbons (Fsp3) is 0.962. The van der Waals surface area contributed by atoms with Crippen LogP contribution >= 0.6 is 0 Å². The summed E-state index contributed by atoms with van der Waals surface area (Å²) >= 11 is 0. The Morgan fingerprint density at radius 3 is 1.75 bits per heavy atom. The van der Waals surface area contributed by atoms with Crippen LogP contribution in [0.25, 0.3) is 0 Å². The normalized spacial score (nSPS) is 53.1. The van der Waals surface area contributed by atoms with Crippen LogP contribution in [0.2, 0.25) is 0 Å². The molecule has 8 aliphatic rings. The van der Waals surface area contributed by atoms with Crippen molar-refractivity contribution in [1.29, 1.82) is 0 Å². The highest BCUT2D eigenvalue weighted by Gasteiger charge is 2.73. The Kier molecular flexibility index (Phi) is 17.8. The molecule has 22 nitrogen and oxygen atoms in total. The number of hydrogen-bond acceptors (Lipinski definition) is 22. The molecule has 75 heavy (non-hydrogen) atoms. The lowest BCUT2D eigenvalue weighted by Gasteiger charge is -2.71. The summed E-state index contributed by atoms with van der Waals surface area (Å²) in [4.78, 5) is 0. The van der Waals surface area contributed by atoms with Gasteiger partial charge < -0.3 is 110 Å². The summed E-state index contributed by atoms with van der Waals surface area (Å²) in [5.41, 5.74) is -2.23. The van der Waals surface area contributed by atoms with E-state index in [4.69, 9.17) is 33.2 Å². The zero-order valence-electron chi connectivity index (χ0n) is 44.5. The van der Waals surface area contributed by atoms with Gasteiger partial charge in [-0.25, -0.2) is 0 Å². The van der Waals surface area contributed by atoms with Crippen molar-refractivity contribution in [3.8, 4) is 0 Å². The Hall–Kier alpha value is -1.14. The van der Waals surface area contributed by atoms with Crippen LogP contribution in [0.15, 0.2) is 12.2 Å². The average molecular weight is 1080 g/mol. The van der Waals surface area contributed by atoms with Crippen LogP contribution in [0.5, 0.6) is 0 Å². The van der Waals surface area contributed by atoms with Crippen LogP contribution in [0.4, 0.5) is 0 Å². The predicted octanol–water partition coefficient (Wildman–Crippen LogP) is -2.32.